The lowest BCUT2D eigenvalue weighted by Gasteiger charge is -2.09. The van der Waals surface area contributed by atoms with Crippen molar-refractivity contribution in [3.05, 3.63) is 0 Å². The molecule has 1 atom stereocenters. The Bertz CT molecular complexity index is 73.7. The van der Waals surface area contributed by atoms with E-state index < -0.39 is 6.17 Å². The van der Waals surface area contributed by atoms with E-state index >= 15 is 0 Å². The van der Waals surface area contributed by atoms with Gasteiger partial charge in [0.25, 0.3) is 0 Å². The van der Waals surface area contributed by atoms with Crippen LogP contribution in [0.3, 0.4) is 0 Å². The van der Waals surface area contributed by atoms with E-state index in [4.69, 9.17) is 4.74 Å². The van der Waals surface area contributed by atoms with E-state index in [1.165, 1.54) is 0 Å². The second-order valence-electron chi connectivity index (χ2n) is 2.89. The lowest BCUT2D eigenvalue weighted by atomic mass is 10.1. The van der Waals surface area contributed by atoms with Crippen LogP contribution in [0.4, 0.5) is 4.39 Å². The summed E-state index contributed by atoms with van der Waals surface area (Å²) in [7, 11) is 0. The van der Waals surface area contributed by atoms with Crippen LogP contribution in [0, 0.1) is 5.92 Å². The Balaban J connectivity index is 3.16. The molecule has 0 aliphatic rings. The lowest BCUT2D eigenvalue weighted by molar-refractivity contribution is 0.0802. The molecule has 0 fully saturated rings. The van der Waals surface area contributed by atoms with Gasteiger partial charge in [0.2, 0.25) is 0 Å². The van der Waals surface area contributed by atoms with Crippen molar-refractivity contribution in [1.82, 2.24) is 0 Å². The minimum Gasteiger partial charge on any atom is -0.379 e. The fourth-order valence-corrected chi connectivity index (χ4v) is 0.825. The van der Waals surface area contributed by atoms with E-state index in [1.807, 2.05) is 20.8 Å². The lowest BCUT2D eigenvalue weighted by Crippen LogP contribution is -2.12. The predicted molar refractivity (Wildman–Crippen MR) is 40.8 cm³/mol. The van der Waals surface area contributed by atoms with Crippen molar-refractivity contribution in [1.29, 1.82) is 0 Å². The van der Waals surface area contributed by atoms with Crippen LogP contribution < -0.4 is 0 Å². The summed E-state index contributed by atoms with van der Waals surface area (Å²) in [6.07, 6.45) is -0.167. The van der Waals surface area contributed by atoms with E-state index in [-0.39, 0.29) is 6.61 Å². The number of hydrogen-bond acceptors (Lipinski definition) is 1. The van der Waals surface area contributed by atoms with Crippen LogP contribution in [0.15, 0.2) is 0 Å². The van der Waals surface area contributed by atoms with Gasteiger partial charge >= 0.3 is 0 Å². The minimum atomic E-state index is -0.778. The van der Waals surface area contributed by atoms with Crippen molar-refractivity contribution in [3.63, 3.8) is 0 Å². The molecule has 10 heavy (non-hydrogen) atoms. The van der Waals surface area contributed by atoms with Crippen LogP contribution in [0.25, 0.3) is 0 Å². The number of alkyl halides is 1. The molecule has 0 saturated heterocycles. The minimum absolute atomic E-state index is 0.259. The van der Waals surface area contributed by atoms with E-state index in [0.717, 1.165) is 0 Å². The highest BCUT2D eigenvalue weighted by atomic mass is 19.1. The standard InChI is InChI=1S/C8H17FO/c1-4-10-6-8(9)5-7(2)3/h7-8H,4-6H2,1-3H3. The summed E-state index contributed by atoms with van der Waals surface area (Å²) < 4.78 is 17.6. The molecule has 0 amide bonds. The zero-order chi connectivity index (χ0) is 7.98. The average Bonchev–Trinajstić information content (AvgIpc) is 1.82. The molecule has 0 heterocycles. The summed E-state index contributed by atoms with van der Waals surface area (Å²) in [4.78, 5) is 0. The van der Waals surface area contributed by atoms with Gasteiger partial charge in [-0.1, -0.05) is 13.8 Å². The van der Waals surface area contributed by atoms with Crippen LogP contribution in [0.2, 0.25) is 0 Å². The van der Waals surface area contributed by atoms with Crippen molar-refractivity contribution < 1.29 is 9.13 Å². The summed E-state index contributed by atoms with van der Waals surface area (Å²) in [6, 6.07) is 0. The van der Waals surface area contributed by atoms with Crippen molar-refractivity contribution in [2.45, 2.75) is 33.4 Å². The second-order valence-corrected chi connectivity index (χ2v) is 2.89. The van der Waals surface area contributed by atoms with Crippen molar-refractivity contribution in [2.75, 3.05) is 13.2 Å². The maximum Gasteiger partial charge on any atom is 0.124 e. The highest BCUT2D eigenvalue weighted by molar-refractivity contribution is 4.56. The molecule has 0 spiro atoms. The second kappa shape index (κ2) is 5.66. The maximum absolute atomic E-state index is 12.7. The van der Waals surface area contributed by atoms with E-state index in [1.54, 1.807) is 0 Å². The predicted octanol–water partition coefficient (Wildman–Crippen LogP) is 2.41. The fourth-order valence-electron chi connectivity index (χ4n) is 0.825. The molecule has 0 aromatic rings. The van der Waals surface area contributed by atoms with Gasteiger partial charge in [0.1, 0.15) is 6.17 Å². The normalized spacial score (nSPS) is 14.1. The molecule has 0 N–H and O–H groups in total. The van der Waals surface area contributed by atoms with Crippen molar-refractivity contribution >= 4 is 0 Å². The third kappa shape index (κ3) is 6.02. The fraction of sp³-hybridized carbons (Fsp3) is 1.00. The summed E-state index contributed by atoms with van der Waals surface area (Å²) >= 11 is 0. The summed E-state index contributed by atoms with van der Waals surface area (Å²) in [5.74, 6) is 0.426. The molecule has 0 radical (unpaired) electrons. The largest absolute Gasteiger partial charge is 0.379 e. The first kappa shape index (κ1) is 9.89. The van der Waals surface area contributed by atoms with Crippen molar-refractivity contribution in [3.8, 4) is 0 Å². The smallest absolute Gasteiger partial charge is 0.124 e. The van der Waals surface area contributed by atoms with E-state index in [2.05, 4.69) is 0 Å². The number of halogens is 1. The first-order valence-electron chi connectivity index (χ1n) is 3.88. The van der Waals surface area contributed by atoms with Crippen LogP contribution in [-0.2, 0) is 4.74 Å². The van der Waals surface area contributed by atoms with Crippen LogP contribution in [0.5, 0.6) is 0 Å². The first-order chi connectivity index (χ1) is 4.66. The van der Waals surface area contributed by atoms with Gasteiger partial charge in [0, 0.05) is 6.61 Å². The Hall–Kier alpha value is -0.110. The zero-order valence-electron chi connectivity index (χ0n) is 7.06. The van der Waals surface area contributed by atoms with Crippen LogP contribution in [0.1, 0.15) is 27.2 Å². The molecular formula is C8H17FO. The molecule has 0 aromatic carbocycles. The molecule has 1 nitrogen and oxygen atoms in total. The van der Waals surface area contributed by atoms with Gasteiger partial charge in [-0.25, -0.2) is 4.39 Å². The third-order valence-corrected chi connectivity index (χ3v) is 1.23. The highest BCUT2D eigenvalue weighted by Crippen LogP contribution is 2.07. The molecule has 0 aliphatic carbocycles. The molecule has 0 saturated carbocycles. The Labute approximate surface area is 62.6 Å². The van der Waals surface area contributed by atoms with Gasteiger partial charge in [0.15, 0.2) is 0 Å². The van der Waals surface area contributed by atoms with Gasteiger partial charge < -0.3 is 4.74 Å². The van der Waals surface area contributed by atoms with E-state index in [0.29, 0.717) is 18.9 Å². The molecule has 62 valence electrons. The Morgan fingerprint density at radius 2 is 2.00 bits per heavy atom. The van der Waals surface area contributed by atoms with Gasteiger partial charge in [-0.05, 0) is 19.3 Å². The van der Waals surface area contributed by atoms with Gasteiger partial charge in [0.05, 0.1) is 6.61 Å². The quantitative estimate of drug-likeness (QED) is 0.581. The monoisotopic (exact) mass is 148 g/mol. The highest BCUT2D eigenvalue weighted by Gasteiger charge is 2.07. The van der Waals surface area contributed by atoms with Gasteiger partial charge in [-0.3, -0.25) is 0 Å². The van der Waals surface area contributed by atoms with Crippen LogP contribution in [-0.4, -0.2) is 19.4 Å². The Morgan fingerprint density at radius 1 is 1.40 bits per heavy atom. The summed E-state index contributed by atoms with van der Waals surface area (Å²) in [5, 5.41) is 0. The van der Waals surface area contributed by atoms with E-state index in [9.17, 15) is 4.39 Å². The molecular weight excluding hydrogens is 131 g/mol. The third-order valence-electron chi connectivity index (χ3n) is 1.23. The number of rotatable bonds is 5. The van der Waals surface area contributed by atoms with Crippen LogP contribution >= 0.6 is 0 Å². The zero-order valence-corrected chi connectivity index (χ0v) is 7.06. The number of hydrogen-bond donors (Lipinski definition) is 0. The molecule has 1 unspecified atom stereocenters. The maximum atomic E-state index is 12.7. The summed E-state index contributed by atoms with van der Waals surface area (Å²) in [6.45, 7) is 6.77. The first-order valence-corrected chi connectivity index (χ1v) is 3.88. The van der Waals surface area contributed by atoms with Gasteiger partial charge in [-0.2, -0.15) is 0 Å². The molecule has 0 aromatic heterocycles. The molecule has 0 aliphatic heterocycles. The molecule has 0 bridgehead atoms. The molecule has 2 heteroatoms. The SMILES string of the molecule is CCOCC(F)CC(C)C. The Morgan fingerprint density at radius 3 is 2.40 bits per heavy atom. The Kier molecular flexibility index (Phi) is 5.60. The average molecular weight is 148 g/mol. The topological polar surface area (TPSA) is 9.23 Å². The van der Waals surface area contributed by atoms with Gasteiger partial charge in [-0.15, -0.1) is 0 Å². The van der Waals surface area contributed by atoms with Crippen molar-refractivity contribution in [2.24, 2.45) is 5.92 Å². The number of ether oxygens (including phenoxy) is 1. The summed E-state index contributed by atoms with van der Waals surface area (Å²) in [5.41, 5.74) is 0. The molecule has 0 rings (SSSR count).